The van der Waals surface area contributed by atoms with Crippen molar-refractivity contribution in [1.29, 1.82) is 0 Å². The van der Waals surface area contributed by atoms with Gasteiger partial charge in [-0.1, -0.05) is 18.2 Å². The van der Waals surface area contributed by atoms with Crippen LogP contribution < -0.4 is 5.32 Å². The molecule has 0 aliphatic carbocycles. The van der Waals surface area contributed by atoms with Crippen LogP contribution in [0.15, 0.2) is 40.4 Å². The highest BCUT2D eigenvalue weighted by Gasteiger charge is 2.06. The number of H-pyrrole nitrogens is 1. The normalized spacial score (nSPS) is 17.4. The van der Waals surface area contributed by atoms with Gasteiger partial charge in [-0.2, -0.15) is 0 Å². The minimum Gasteiger partial charge on any atom is -0.374 e. The van der Waals surface area contributed by atoms with Crippen molar-refractivity contribution >= 4 is 28.5 Å². The number of aromatic nitrogens is 1. The molecule has 4 heteroatoms. The lowest BCUT2D eigenvalue weighted by Crippen LogP contribution is -2.14. The summed E-state index contributed by atoms with van der Waals surface area (Å²) >= 11 is 1.87. The molecule has 3 nitrogen and oxygen atoms in total. The van der Waals surface area contributed by atoms with E-state index in [4.69, 9.17) is 0 Å². The first-order valence-corrected chi connectivity index (χ1v) is 7.38. The maximum absolute atomic E-state index is 4.58. The molecule has 3 rings (SSSR count). The first-order chi connectivity index (χ1) is 8.93. The van der Waals surface area contributed by atoms with Crippen LogP contribution in [0.2, 0.25) is 0 Å². The molecular weight excluding hydrogens is 242 g/mol. The van der Waals surface area contributed by atoms with E-state index in [2.05, 4.69) is 45.8 Å². The van der Waals surface area contributed by atoms with Gasteiger partial charge in [0.25, 0.3) is 0 Å². The molecule has 94 valence electrons. The van der Waals surface area contributed by atoms with Crippen LogP contribution in [0.3, 0.4) is 0 Å². The summed E-state index contributed by atoms with van der Waals surface area (Å²) in [5.74, 6) is 2.22. The monoisotopic (exact) mass is 259 g/mol. The molecule has 18 heavy (non-hydrogen) atoms. The number of para-hydroxylation sites is 1. The Bertz CT molecular complexity index is 551. The van der Waals surface area contributed by atoms with E-state index in [0.717, 1.165) is 25.3 Å². The van der Waals surface area contributed by atoms with Crippen LogP contribution in [0.25, 0.3) is 10.9 Å². The first-order valence-electron chi connectivity index (χ1n) is 6.39. The third-order valence-electron chi connectivity index (χ3n) is 3.12. The Morgan fingerprint density at radius 3 is 3.11 bits per heavy atom. The average molecular weight is 259 g/mol. The van der Waals surface area contributed by atoms with Gasteiger partial charge in [0.2, 0.25) is 0 Å². The molecule has 2 N–H and O–H groups in total. The van der Waals surface area contributed by atoms with Gasteiger partial charge in [0.15, 0.2) is 0 Å². The summed E-state index contributed by atoms with van der Waals surface area (Å²) in [5, 5.41) is 4.63. The molecule has 2 heterocycles. The van der Waals surface area contributed by atoms with Crippen molar-refractivity contribution in [2.24, 2.45) is 4.99 Å². The number of thioether (sulfide) groups is 1. The summed E-state index contributed by atoms with van der Waals surface area (Å²) in [4.78, 5) is 9.20. The highest BCUT2D eigenvalue weighted by Crippen LogP contribution is 2.27. The van der Waals surface area contributed by atoms with Gasteiger partial charge < -0.3 is 10.3 Å². The minimum absolute atomic E-state index is 0.895. The summed E-state index contributed by atoms with van der Waals surface area (Å²) in [6.07, 6.45) is 4.45. The van der Waals surface area contributed by atoms with E-state index in [1.165, 1.54) is 28.1 Å². The molecule has 1 aromatic heterocycles. The van der Waals surface area contributed by atoms with Crippen LogP contribution in [-0.2, 0) is 0 Å². The predicted molar refractivity (Wildman–Crippen MR) is 78.6 cm³/mol. The lowest BCUT2D eigenvalue weighted by molar-refractivity contribution is 0.911. The number of amidine groups is 1. The Balaban J connectivity index is 1.58. The molecule has 1 aliphatic heterocycles. The smallest absolute Gasteiger partial charge is 0.0964 e. The van der Waals surface area contributed by atoms with Crippen molar-refractivity contribution in [1.82, 2.24) is 10.3 Å². The fraction of sp³-hybridized carbons (Fsp3) is 0.357. The van der Waals surface area contributed by atoms with E-state index < -0.39 is 0 Å². The van der Waals surface area contributed by atoms with Crippen molar-refractivity contribution in [2.75, 3.05) is 18.8 Å². The maximum atomic E-state index is 4.58. The molecule has 0 bridgehead atoms. The Labute approximate surface area is 111 Å². The van der Waals surface area contributed by atoms with Crippen molar-refractivity contribution < 1.29 is 0 Å². The second kappa shape index (κ2) is 5.48. The summed E-state index contributed by atoms with van der Waals surface area (Å²) in [5.41, 5.74) is 1.21. The van der Waals surface area contributed by atoms with Crippen molar-refractivity contribution in [3.05, 3.63) is 30.5 Å². The standard InChI is InChI=1S/C14H17N3S/c1-2-5-12-11(4-1)13(10-17-12)18-9-8-16-14-6-3-7-15-14/h1-2,4-5,10,17H,3,6-9H2,(H,15,16). The molecule has 0 spiro atoms. The van der Waals surface area contributed by atoms with E-state index >= 15 is 0 Å². The van der Waals surface area contributed by atoms with Crippen LogP contribution in [0.5, 0.6) is 0 Å². The van der Waals surface area contributed by atoms with Gasteiger partial charge in [0.05, 0.1) is 12.4 Å². The quantitative estimate of drug-likeness (QED) is 0.654. The zero-order valence-electron chi connectivity index (χ0n) is 10.3. The molecule has 0 atom stereocenters. The highest BCUT2D eigenvalue weighted by molar-refractivity contribution is 7.99. The second-order valence-corrected chi connectivity index (χ2v) is 5.54. The van der Waals surface area contributed by atoms with Gasteiger partial charge in [0, 0.05) is 40.7 Å². The molecule has 0 radical (unpaired) electrons. The molecule has 1 fully saturated rings. The topological polar surface area (TPSA) is 40.2 Å². The molecule has 1 saturated heterocycles. The van der Waals surface area contributed by atoms with Crippen LogP contribution >= 0.6 is 11.8 Å². The molecular formula is C14H17N3S. The Hall–Kier alpha value is -1.42. The minimum atomic E-state index is 0.895. The summed E-state index contributed by atoms with van der Waals surface area (Å²) in [7, 11) is 0. The molecule has 0 saturated carbocycles. The van der Waals surface area contributed by atoms with Gasteiger partial charge >= 0.3 is 0 Å². The number of benzene rings is 1. The van der Waals surface area contributed by atoms with Gasteiger partial charge in [0.1, 0.15) is 0 Å². The van der Waals surface area contributed by atoms with E-state index in [1.54, 1.807) is 0 Å². The van der Waals surface area contributed by atoms with Gasteiger partial charge in [-0.05, 0) is 12.5 Å². The number of fused-ring (bicyclic) bond motifs is 1. The summed E-state index contributed by atoms with van der Waals surface area (Å²) < 4.78 is 0. The Morgan fingerprint density at radius 1 is 1.28 bits per heavy atom. The number of hydrogen-bond donors (Lipinski definition) is 2. The largest absolute Gasteiger partial charge is 0.374 e. The number of hydrogen-bond acceptors (Lipinski definition) is 2. The number of aliphatic imine (C=N–C) groups is 1. The van der Waals surface area contributed by atoms with E-state index in [-0.39, 0.29) is 0 Å². The third-order valence-corrected chi connectivity index (χ3v) is 4.16. The SMILES string of the molecule is c1ccc2c(SCC/N=C3\CCCN3)c[nH]c2c1. The Kier molecular flexibility index (Phi) is 3.55. The maximum Gasteiger partial charge on any atom is 0.0964 e. The lowest BCUT2D eigenvalue weighted by Gasteiger charge is -1.99. The number of aromatic amines is 1. The summed E-state index contributed by atoms with van der Waals surface area (Å²) in [6.45, 7) is 1.99. The van der Waals surface area contributed by atoms with Gasteiger partial charge in [-0.25, -0.2) is 0 Å². The van der Waals surface area contributed by atoms with Crippen molar-refractivity contribution in [3.8, 4) is 0 Å². The zero-order valence-corrected chi connectivity index (χ0v) is 11.1. The van der Waals surface area contributed by atoms with Crippen LogP contribution in [0.1, 0.15) is 12.8 Å². The third kappa shape index (κ3) is 2.53. The first kappa shape index (κ1) is 11.7. The predicted octanol–water partition coefficient (Wildman–Crippen LogP) is 3.04. The van der Waals surface area contributed by atoms with E-state index in [1.807, 2.05) is 11.8 Å². The fourth-order valence-electron chi connectivity index (χ4n) is 2.21. The Morgan fingerprint density at radius 2 is 2.22 bits per heavy atom. The highest BCUT2D eigenvalue weighted by atomic mass is 32.2. The summed E-state index contributed by atoms with van der Waals surface area (Å²) in [6, 6.07) is 8.43. The van der Waals surface area contributed by atoms with Crippen LogP contribution in [-0.4, -0.2) is 29.7 Å². The lowest BCUT2D eigenvalue weighted by atomic mass is 10.2. The number of nitrogens with zero attached hydrogens (tertiary/aromatic N) is 1. The molecule has 2 aromatic rings. The molecule has 1 aliphatic rings. The molecule has 0 unspecified atom stereocenters. The van der Waals surface area contributed by atoms with Crippen LogP contribution in [0.4, 0.5) is 0 Å². The van der Waals surface area contributed by atoms with Crippen LogP contribution in [0, 0.1) is 0 Å². The second-order valence-electron chi connectivity index (χ2n) is 4.41. The zero-order chi connectivity index (χ0) is 12.2. The van der Waals surface area contributed by atoms with Gasteiger partial charge in [-0.3, -0.25) is 4.99 Å². The molecule has 0 amide bonds. The van der Waals surface area contributed by atoms with E-state index in [0.29, 0.717) is 0 Å². The van der Waals surface area contributed by atoms with E-state index in [9.17, 15) is 0 Å². The average Bonchev–Trinajstić information content (AvgIpc) is 3.04. The van der Waals surface area contributed by atoms with Crippen molar-refractivity contribution in [3.63, 3.8) is 0 Å². The number of nitrogens with one attached hydrogen (secondary N) is 2. The fourth-order valence-corrected chi connectivity index (χ4v) is 3.09. The van der Waals surface area contributed by atoms with Crippen molar-refractivity contribution in [2.45, 2.75) is 17.7 Å². The number of rotatable bonds is 4. The van der Waals surface area contributed by atoms with Gasteiger partial charge in [-0.15, -0.1) is 11.8 Å². The molecule has 1 aromatic carbocycles.